The van der Waals surface area contributed by atoms with E-state index in [1.165, 1.54) is 42.3 Å². The van der Waals surface area contributed by atoms with E-state index in [1.54, 1.807) is 0 Å². The van der Waals surface area contributed by atoms with Crippen LogP contribution >= 0.6 is 0 Å². The number of nitrogens with one attached hydrogen (secondary N) is 1. The van der Waals surface area contributed by atoms with Crippen LogP contribution in [-0.4, -0.2) is 31.1 Å². The first kappa shape index (κ1) is 14.6. The lowest BCUT2D eigenvalue weighted by Crippen LogP contribution is -2.40. The fourth-order valence-corrected chi connectivity index (χ4v) is 3.52. The molecule has 1 heterocycles. The molecule has 1 N–H and O–H groups in total. The predicted octanol–water partition coefficient (Wildman–Crippen LogP) is 3.66. The minimum absolute atomic E-state index is 0.643. The van der Waals surface area contributed by atoms with E-state index in [0.29, 0.717) is 6.04 Å². The van der Waals surface area contributed by atoms with E-state index in [1.807, 2.05) is 0 Å². The van der Waals surface area contributed by atoms with Crippen LogP contribution in [0.4, 0.5) is 0 Å². The summed E-state index contributed by atoms with van der Waals surface area (Å²) in [5.41, 5.74) is 1.47. The van der Waals surface area contributed by atoms with Crippen LogP contribution in [-0.2, 0) is 6.54 Å². The number of fused-ring (bicyclic) bond motifs is 1. The number of benzene rings is 2. The Morgan fingerprint density at radius 1 is 1.10 bits per heavy atom. The van der Waals surface area contributed by atoms with Crippen LogP contribution < -0.4 is 5.32 Å². The first-order valence-corrected chi connectivity index (χ1v) is 8.14. The number of rotatable bonds is 4. The highest BCUT2D eigenvalue weighted by atomic mass is 15.1. The number of hydrogen-bond donors (Lipinski definition) is 1. The van der Waals surface area contributed by atoms with Crippen molar-refractivity contribution in [2.24, 2.45) is 5.92 Å². The molecule has 2 aromatic rings. The average molecular weight is 282 g/mol. The highest BCUT2D eigenvalue weighted by molar-refractivity contribution is 5.85. The first-order chi connectivity index (χ1) is 10.3. The molecule has 0 spiro atoms. The average Bonchev–Trinajstić information content (AvgIpc) is 2.55. The molecule has 0 saturated carbocycles. The lowest BCUT2D eigenvalue weighted by atomic mass is 9.90. The Bertz CT molecular complexity index is 580. The molecule has 0 aromatic heterocycles. The highest BCUT2D eigenvalue weighted by Gasteiger charge is 2.23. The fraction of sp³-hybridized carbons (Fsp3) is 0.474. The van der Waals surface area contributed by atoms with Crippen LogP contribution in [0.3, 0.4) is 0 Å². The molecule has 0 aliphatic carbocycles. The van der Waals surface area contributed by atoms with Gasteiger partial charge in [-0.1, -0.05) is 42.5 Å². The first-order valence-electron chi connectivity index (χ1n) is 8.14. The maximum Gasteiger partial charge on any atom is 0.0239 e. The molecule has 0 radical (unpaired) electrons. The molecule has 1 aliphatic rings. The van der Waals surface area contributed by atoms with Crippen molar-refractivity contribution in [3.63, 3.8) is 0 Å². The quantitative estimate of drug-likeness (QED) is 0.920. The minimum atomic E-state index is 0.643. The molecular formula is C19H26N2. The van der Waals surface area contributed by atoms with Gasteiger partial charge in [0.2, 0.25) is 0 Å². The van der Waals surface area contributed by atoms with Crippen LogP contribution in [0, 0.1) is 5.92 Å². The van der Waals surface area contributed by atoms with Crippen LogP contribution in [0.25, 0.3) is 10.8 Å². The molecule has 0 bridgehead atoms. The van der Waals surface area contributed by atoms with E-state index in [4.69, 9.17) is 0 Å². The number of nitrogens with zero attached hydrogens (tertiary/aromatic N) is 1. The summed E-state index contributed by atoms with van der Waals surface area (Å²) >= 11 is 0. The van der Waals surface area contributed by atoms with Crippen molar-refractivity contribution in [1.82, 2.24) is 10.2 Å². The smallest absolute Gasteiger partial charge is 0.0239 e. The van der Waals surface area contributed by atoms with Gasteiger partial charge in [-0.2, -0.15) is 0 Å². The molecule has 1 aliphatic heterocycles. The van der Waals surface area contributed by atoms with Crippen molar-refractivity contribution in [1.29, 1.82) is 0 Å². The predicted molar refractivity (Wildman–Crippen MR) is 90.5 cm³/mol. The van der Waals surface area contributed by atoms with Gasteiger partial charge in [0, 0.05) is 12.6 Å². The Morgan fingerprint density at radius 2 is 1.81 bits per heavy atom. The van der Waals surface area contributed by atoms with E-state index < -0.39 is 0 Å². The van der Waals surface area contributed by atoms with Gasteiger partial charge in [0.05, 0.1) is 0 Å². The largest absolute Gasteiger partial charge is 0.317 e. The molecular weight excluding hydrogens is 256 g/mol. The Balaban J connectivity index is 1.67. The molecule has 1 saturated heterocycles. The molecule has 112 valence electrons. The van der Waals surface area contributed by atoms with E-state index in [-0.39, 0.29) is 0 Å². The van der Waals surface area contributed by atoms with E-state index in [2.05, 4.69) is 66.7 Å². The van der Waals surface area contributed by atoms with Crippen LogP contribution in [0.1, 0.15) is 25.3 Å². The van der Waals surface area contributed by atoms with Crippen LogP contribution in [0.15, 0.2) is 42.5 Å². The second-order valence-corrected chi connectivity index (χ2v) is 6.33. The summed E-state index contributed by atoms with van der Waals surface area (Å²) in [7, 11) is 2.08. The zero-order valence-electron chi connectivity index (χ0n) is 13.2. The molecule has 2 heteroatoms. The van der Waals surface area contributed by atoms with Crippen molar-refractivity contribution in [3.05, 3.63) is 48.0 Å². The Hall–Kier alpha value is -1.38. The van der Waals surface area contributed by atoms with Gasteiger partial charge in [-0.25, -0.2) is 0 Å². The minimum Gasteiger partial charge on any atom is -0.317 e. The van der Waals surface area contributed by atoms with Crippen molar-refractivity contribution < 1.29 is 0 Å². The standard InChI is InChI=1S/C19H26N2/c1-15(20-2)16-10-12-21(13-11-16)14-18-8-5-7-17-6-3-4-9-19(17)18/h3-9,15-16,20H,10-14H2,1-2H3. The van der Waals surface area contributed by atoms with Gasteiger partial charge in [0.1, 0.15) is 0 Å². The zero-order valence-corrected chi connectivity index (χ0v) is 13.2. The van der Waals surface area contributed by atoms with Crippen molar-refractivity contribution in [2.75, 3.05) is 20.1 Å². The Kier molecular flexibility index (Phi) is 4.57. The maximum absolute atomic E-state index is 3.40. The topological polar surface area (TPSA) is 15.3 Å². The Labute approximate surface area is 128 Å². The molecule has 2 nitrogen and oxygen atoms in total. The third-order valence-corrected chi connectivity index (χ3v) is 5.07. The summed E-state index contributed by atoms with van der Waals surface area (Å²) in [5, 5.41) is 6.17. The summed E-state index contributed by atoms with van der Waals surface area (Å²) < 4.78 is 0. The zero-order chi connectivity index (χ0) is 14.7. The van der Waals surface area contributed by atoms with Crippen molar-refractivity contribution >= 4 is 10.8 Å². The Morgan fingerprint density at radius 3 is 2.57 bits per heavy atom. The van der Waals surface area contributed by atoms with Crippen LogP contribution in [0.2, 0.25) is 0 Å². The maximum atomic E-state index is 3.40. The lowest BCUT2D eigenvalue weighted by molar-refractivity contribution is 0.159. The van der Waals surface area contributed by atoms with Gasteiger partial charge in [-0.15, -0.1) is 0 Å². The fourth-order valence-electron chi connectivity index (χ4n) is 3.52. The highest BCUT2D eigenvalue weighted by Crippen LogP contribution is 2.24. The van der Waals surface area contributed by atoms with Crippen molar-refractivity contribution in [2.45, 2.75) is 32.4 Å². The lowest BCUT2D eigenvalue weighted by Gasteiger charge is -2.35. The summed E-state index contributed by atoms with van der Waals surface area (Å²) in [6.07, 6.45) is 2.62. The van der Waals surface area contributed by atoms with E-state index >= 15 is 0 Å². The van der Waals surface area contributed by atoms with Gasteiger partial charge >= 0.3 is 0 Å². The molecule has 1 unspecified atom stereocenters. The van der Waals surface area contributed by atoms with Crippen LogP contribution in [0.5, 0.6) is 0 Å². The van der Waals surface area contributed by atoms with Gasteiger partial charge in [-0.05, 0) is 62.2 Å². The summed E-state index contributed by atoms with van der Waals surface area (Å²) in [6, 6.07) is 16.0. The third-order valence-electron chi connectivity index (χ3n) is 5.07. The SMILES string of the molecule is CNC(C)C1CCN(Cc2cccc3ccccc23)CC1. The number of likely N-dealkylation sites (tertiary alicyclic amines) is 1. The summed E-state index contributed by atoms with van der Waals surface area (Å²) in [6.45, 7) is 5.84. The molecule has 2 aromatic carbocycles. The van der Waals surface area contributed by atoms with Gasteiger partial charge in [0.15, 0.2) is 0 Å². The normalized spacial score (nSPS) is 19.0. The third kappa shape index (κ3) is 3.28. The number of piperidine rings is 1. The second kappa shape index (κ2) is 6.59. The molecule has 0 amide bonds. The van der Waals surface area contributed by atoms with Gasteiger partial charge in [0.25, 0.3) is 0 Å². The van der Waals surface area contributed by atoms with Crippen molar-refractivity contribution in [3.8, 4) is 0 Å². The molecule has 3 rings (SSSR count). The van der Waals surface area contributed by atoms with Gasteiger partial charge in [-0.3, -0.25) is 4.90 Å². The molecule has 21 heavy (non-hydrogen) atoms. The van der Waals surface area contributed by atoms with Gasteiger partial charge < -0.3 is 5.32 Å². The second-order valence-electron chi connectivity index (χ2n) is 6.33. The summed E-state index contributed by atoms with van der Waals surface area (Å²) in [4.78, 5) is 2.61. The van der Waals surface area contributed by atoms with E-state index in [0.717, 1.165) is 12.5 Å². The van der Waals surface area contributed by atoms with E-state index in [9.17, 15) is 0 Å². The molecule has 1 fully saturated rings. The summed E-state index contributed by atoms with van der Waals surface area (Å²) in [5.74, 6) is 0.832. The molecule has 1 atom stereocenters. The number of hydrogen-bond acceptors (Lipinski definition) is 2. The monoisotopic (exact) mass is 282 g/mol.